The van der Waals surface area contributed by atoms with Crippen molar-refractivity contribution in [3.05, 3.63) is 58.8 Å². The molecule has 0 aliphatic carbocycles. The van der Waals surface area contributed by atoms with Crippen molar-refractivity contribution in [3.8, 4) is 11.1 Å². The van der Waals surface area contributed by atoms with E-state index in [1.54, 1.807) is 19.3 Å². The van der Waals surface area contributed by atoms with Gasteiger partial charge in [0.15, 0.2) is 10.8 Å². The maximum Gasteiger partial charge on any atom is 0.350 e. The fourth-order valence-corrected chi connectivity index (χ4v) is 3.12. The maximum atomic E-state index is 12.3. The van der Waals surface area contributed by atoms with E-state index in [0.29, 0.717) is 22.3 Å². The topological polar surface area (TPSA) is 98.9 Å². The lowest BCUT2D eigenvalue weighted by molar-refractivity contribution is 0.780. The monoisotopic (exact) mass is 354 g/mol. The van der Waals surface area contributed by atoms with Crippen LogP contribution in [0.5, 0.6) is 0 Å². The molecule has 0 aliphatic heterocycles. The van der Waals surface area contributed by atoms with Crippen molar-refractivity contribution in [1.29, 1.82) is 5.41 Å². The lowest BCUT2D eigenvalue weighted by Crippen LogP contribution is -2.19. The first-order valence-electron chi connectivity index (χ1n) is 7.69. The number of allylic oxidation sites excluding steroid dienone is 1. The van der Waals surface area contributed by atoms with Crippen molar-refractivity contribution in [2.45, 2.75) is 12.1 Å². The molecule has 2 heterocycles. The minimum atomic E-state index is -0.338. The molecule has 8 heteroatoms. The van der Waals surface area contributed by atoms with Crippen LogP contribution in [-0.2, 0) is 0 Å². The molecule has 0 radical (unpaired) electrons. The maximum absolute atomic E-state index is 12.3. The standard InChI is InChI=1S/C17H18N6OS/c1-11-14(12-6-4-3-5-7-12)15-20-16(21-17(24)23(15)22-11)25-10-13(18)8-9-19-2/h3-9,18-19H,10H2,1-2H3,(H,20,21,24)/b9-8-,18-13?. The molecule has 2 aromatic heterocycles. The smallest absolute Gasteiger partial charge is 0.350 e. The molecule has 0 saturated carbocycles. The summed E-state index contributed by atoms with van der Waals surface area (Å²) >= 11 is 1.31. The Morgan fingerprint density at radius 1 is 1.40 bits per heavy atom. The minimum Gasteiger partial charge on any atom is -0.394 e. The second-order valence-corrected chi connectivity index (χ2v) is 6.31. The van der Waals surface area contributed by atoms with E-state index < -0.39 is 0 Å². The molecule has 0 unspecified atom stereocenters. The van der Waals surface area contributed by atoms with Crippen LogP contribution >= 0.6 is 11.8 Å². The number of H-pyrrole nitrogens is 1. The van der Waals surface area contributed by atoms with Crippen molar-refractivity contribution in [3.63, 3.8) is 0 Å². The number of benzene rings is 1. The zero-order valence-electron chi connectivity index (χ0n) is 13.9. The second-order valence-electron chi connectivity index (χ2n) is 5.34. The van der Waals surface area contributed by atoms with E-state index in [9.17, 15) is 4.79 Å². The van der Waals surface area contributed by atoms with Gasteiger partial charge in [0.05, 0.1) is 5.69 Å². The number of hydrogen-bond acceptors (Lipinski definition) is 6. The number of aromatic amines is 1. The lowest BCUT2D eigenvalue weighted by Gasteiger charge is -2.03. The van der Waals surface area contributed by atoms with E-state index in [2.05, 4.69) is 20.4 Å². The van der Waals surface area contributed by atoms with Crippen LogP contribution in [0, 0.1) is 12.3 Å². The molecule has 3 rings (SSSR count). The number of aryl methyl sites for hydroxylation is 1. The number of rotatable bonds is 6. The summed E-state index contributed by atoms with van der Waals surface area (Å²) in [6, 6.07) is 9.76. The molecule has 0 saturated heterocycles. The molecule has 128 valence electrons. The van der Waals surface area contributed by atoms with Crippen LogP contribution in [0.3, 0.4) is 0 Å². The average molecular weight is 354 g/mol. The van der Waals surface area contributed by atoms with Gasteiger partial charge in [-0.25, -0.2) is 9.78 Å². The summed E-state index contributed by atoms with van der Waals surface area (Å²) < 4.78 is 1.29. The van der Waals surface area contributed by atoms with Crippen molar-refractivity contribution >= 4 is 23.1 Å². The largest absolute Gasteiger partial charge is 0.394 e. The number of nitrogens with one attached hydrogen (secondary N) is 3. The number of thioether (sulfide) groups is 1. The first kappa shape index (κ1) is 17.0. The highest BCUT2D eigenvalue weighted by atomic mass is 32.2. The van der Waals surface area contributed by atoms with Crippen LogP contribution in [0.15, 0.2) is 52.6 Å². The van der Waals surface area contributed by atoms with E-state index in [1.165, 1.54) is 16.3 Å². The Bertz CT molecular complexity index is 990. The Morgan fingerprint density at radius 3 is 2.88 bits per heavy atom. The van der Waals surface area contributed by atoms with Gasteiger partial charge in [0, 0.05) is 24.1 Å². The quantitative estimate of drug-likeness (QED) is 0.466. The van der Waals surface area contributed by atoms with Crippen molar-refractivity contribution in [1.82, 2.24) is 24.9 Å². The summed E-state index contributed by atoms with van der Waals surface area (Å²) in [6.07, 6.45) is 3.36. The van der Waals surface area contributed by atoms with Crippen LogP contribution in [0.2, 0.25) is 0 Å². The van der Waals surface area contributed by atoms with Crippen molar-refractivity contribution in [2.24, 2.45) is 0 Å². The molecule has 0 aliphatic rings. The molecule has 1 aromatic carbocycles. The molecule has 0 amide bonds. The SMILES string of the molecule is CN/C=C\C(=N)CSc1nc2c(-c3ccccc3)c(C)nn2c(=O)[nH]1. The first-order valence-corrected chi connectivity index (χ1v) is 8.68. The van der Waals surface area contributed by atoms with Gasteiger partial charge in [0.2, 0.25) is 0 Å². The third-order valence-corrected chi connectivity index (χ3v) is 4.45. The zero-order valence-corrected chi connectivity index (χ0v) is 14.7. The average Bonchev–Trinajstić information content (AvgIpc) is 2.95. The third-order valence-electron chi connectivity index (χ3n) is 3.53. The predicted octanol–water partition coefficient (Wildman–Crippen LogP) is 2.24. The molecule has 7 nitrogen and oxygen atoms in total. The fraction of sp³-hybridized carbons (Fsp3) is 0.176. The van der Waals surface area contributed by atoms with Gasteiger partial charge in [-0.05, 0) is 24.8 Å². The second kappa shape index (κ2) is 7.35. The molecule has 0 fully saturated rings. The summed E-state index contributed by atoms with van der Waals surface area (Å²) in [7, 11) is 1.77. The van der Waals surface area contributed by atoms with Gasteiger partial charge >= 0.3 is 5.69 Å². The van der Waals surface area contributed by atoms with Crippen molar-refractivity contribution in [2.75, 3.05) is 12.8 Å². The van der Waals surface area contributed by atoms with Gasteiger partial charge in [-0.15, -0.1) is 0 Å². The summed E-state index contributed by atoms with van der Waals surface area (Å²) in [6.45, 7) is 1.86. The van der Waals surface area contributed by atoms with E-state index in [-0.39, 0.29) is 5.69 Å². The normalized spacial score (nSPS) is 11.3. The Hall–Kier alpha value is -2.87. The van der Waals surface area contributed by atoms with Crippen LogP contribution in [0.1, 0.15) is 5.69 Å². The van der Waals surface area contributed by atoms with Crippen LogP contribution < -0.4 is 11.0 Å². The van der Waals surface area contributed by atoms with Crippen LogP contribution in [0.4, 0.5) is 0 Å². The summed E-state index contributed by atoms with van der Waals surface area (Å²) in [4.78, 5) is 19.6. The number of nitrogens with zero attached hydrogens (tertiary/aromatic N) is 3. The van der Waals surface area contributed by atoms with Gasteiger partial charge in [-0.3, -0.25) is 4.98 Å². The van der Waals surface area contributed by atoms with Crippen molar-refractivity contribution < 1.29 is 0 Å². The predicted molar refractivity (Wildman–Crippen MR) is 100 cm³/mol. The number of fused-ring (bicyclic) bond motifs is 1. The molecule has 3 N–H and O–H groups in total. The zero-order chi connectivity index (χ0) is 17.8. The summed E-state index contributed by atoms with van der Waals surface area (Å²) in [5.41, 5.74) is 3.17. The lowest BCUT2D eigenvalue weighted by atomic mass is 10.1. The van der Waals surface area contributed by atoms with Gasteiger partial charge < -0.3 is 10.7 Å². The van der Waals surface area contributed by atoms with Crippen LogP contribution in [0.25, 0.3) is 16.8 Å². The van der Waals surface area contributed by atoms with Gasteiger partial charge in [0.1, 0.15) is 0 Å². The van der Waals surface area contributed by atoms with E-state index in [0.717, 1.165) is 16.8 Å². The Balaban J connectivity index is 1.99. The highest BCUT2D eigenvalue weighted by molar-refractivity contribution is 7.99. The number of hydrogen-bond donors (Lipinski definition) is 3. The molecule has 3 aromatic rings. The Labute approximate surface area is 148 Å². The van der Waals surface area contributed by atoms with E-state index in [4.69, 9.17) is 5.41 Å². The molecule has 25 heavy (non-hydrogen) atoms. The third kappa shape index (κ3) is 3.63. The van der Waals surface area contributed by atoms with Crippen LogP contribution in [-0.4, -0.2) is 38.1 Å². The number of aromatic nitrogens is 4. The molecule has 0 bridgehead atoms. The highest BCUT2D eigenvalue weighted by Crippen LogP contribution is 2.26. The summed E-state index contributed by atoms with van der Waals surface area (Å²) in [5, 5.41) is 15.5. The summed E-state index contributed by atoms with van der Waals surface area (Å²) in [5.74, 6) is 0.408. The first-order chi connectivity index (χ1) is 12.1. The highest BCUT2D eigenvalue weighted by Gasteiger charge is 2.16. The Kier molecular flexibility index (Phi) is 4.99. The van der Waals surface area contributed by atoms with Gasteiger partial charge in [0.25, 0.3) is 0 Å². The Morgan fingerprint density at radius 2 is 2.16 bits per heavy atom. The molecule has 0 spiro atoms. The molecular formula is C17H18N6OS. The van der Waals surface area contributed by atoms with Gasteiger partial charge in [-0.1, -0.05) is 42.1 Å². The fourth-order valence-electron chi connectivity index (χ4n) is 2.42. The van der Waals surface area contributed by atoms with E-state index in [1.807, 2.05) is 37.3 Å². The van der Waals surface area contributed by atoms with Gasteiger partial charge in [-0.2, -0.15) is 9.61 Å². The molecular weight excluding hydrogens is 336 g/mol. The minimum absolute atomic E-state index is 0.338. The van der Waals surface area contributed by atoms with E-state index >= 15 is 0 Å². The molecule has 0 atom stereocenters.